The molecular formula is C16H17Br2N3O7. The minimum Gasteiger partial charge on any atom is -0.481 e. The number of carboxylic acids is 1. The minimum absolute atomic E-state index is 0.000190. The number of imide groups is 1. The molecule has 0 aliphatic carbocycles. The van der Waals surface area contributed by atoms with Crippen LogP contribution in [0.1, 0.15) is 12.8 Å². The summed E-state index contributed by atoms with van der Waals surface area (Å²) in [7, 11) is 0. The summed E-state index contributed by atoms with van der Waals surface area (Å²) in [6, 6.07) is 0. The van der Waals surface area contributed by atoms with Crippen molar-refractivity contribution in [2.75, 3.05) is 26.2 Å². The van der Waals surface area contributed by atoms with Crippen molar-refractivity contribution < 1.29 is 34.2 Å². The predicted octanol–water partition coefficient (Wildman–Crippen LogP) is -0.233. The lowest BCUT2D eigenvalue weighted by atomic mass is 10.2. The first-order valence-corrected chi connectivity index (χ1v) is 9.78. The molecule has 0 aromatic carbocycles. The maximum atomic E-state index is 12.4. The van der Waals surface area contributed by atoms with Crippen molar-refractivity contribution >= 4 is 61.5 Å². The van der Waals surface area contributed by atoms with Gasteiger partial charge in [0.2, 0.25) is 11.8 Å². The van der Waals surface area contributed by atoms with Crippen LogP contribution in [0, 0.1) is 0 Å². The van der Waals surface area contributed by atoms with E-state index >= 15 is 0 Å². The first kappa shape index (κ1) is 22.2. The molecule has 0 aromatic heterocycles. The van der Waals surface area contributed by atoms with Crippen molar-refractivity contribution in [3.63, 3.8) is 0 Å². The number of halogens is 2. The SMILES string of the molecule is O=C(O)CCC(=O)N(CCN1C(=O)C=C(Br)C1=O)CCN1C(=O)C=C(Br)C1O. The minimum atomic E-state index is -1.16. The van der Waals surface area contributed by atoms with E-state index in [1.54, 1.807) is 0 Å². The Kier molecular flexibility index (Phi) is 7.49. The Morgan fingerprint density at radius 3 is 2.18 bits per heavy atom. The molecule has 2 N–H and O–H groups in total. The molecule has 2 aliphatic rings. The van der Waals surface area contributed by atoms with Gasteiger partial charge in [0.1, 0.15) is 0 Å². The summed E-state index contributed by atoms with van der Waals surface area (Å²) >= 11 is 6.04. The Bertz CT molecular complexity index is 780. The summed E-state index contributed by atoms with van der Waals surface area (Å²) < 4.78 is 0.411. The van der Waals surface area contributed by atoms with Gasteiger partial charge in [0, 0.05) is 49.2 Å². The zero-order chi connectivity index (χ0) is 21.0. The molecular weight excluding hydrogens is 506 g/mol. The van der Waals surface area contributed by atoms with Crippen LogP contribution in [0.5, 0.6) is 0 Å². The van der Waals surface area contributed by atoms with E-state index < -0.39 is 35.8 Å². The molecule has 1 atom stereocenters. The lowest BCUT2D eigenvalue weighted by molar-refractivity contribution is -0.142. The van der Waals surface area contributed by atoms with Crippen LogP contribution in [0.15, 0.2) is 21.1 Å². The number of hydrogen-bond acceptors (Lipinski definition) is 6. The third-order valence-electron chi connectivity index (χ3n) is 4.16. The quantitative estimate of drug-likeness (QED) is 0.399. The van der Waals surface area contributed by atoms with Crippen molar-refractivity contribution in [2.24, 2.45) is 0 Å². The number of aliphatic carboxylic acids is 1. The summed E-state index contributed by atoms with van der Waals surface area (Å²) in [5.41, 5.74) is 0. The van der Waals surface area contributed by atoms with E-state index in [1.165, 1.54) is 11.0 Å². The predicted molar refractivity (Wildman–Crippen MR) is 102 cm³/mol. The number of hydrogen-bond donors (Lipinski definition) is 2. The molecule has 2 aliphatic heterocycles. The van der Waals surface area contributed by atoms with E-state index in [-0.39, 0.29) is 43.5 Å². The van der Waals surface area contributed by atoms with Crippen molar-refractivity contribution in [1.82, 2.24) is 14.7 Å². The third-order valence-corrected chi connectivity index (χ3v) is 5.37. The van der Waals surface area contributed by atoms with Crippen LogP contribution >= 0.6 is 31.9 Å². The zero-order valence-corrected chi connectivity index (χ0v) is 17.7. The Balaban J connectivity index is 2.00. The van der Waals surface area contributed by atoms with Crippen LogP contribution in [0.3, 0.4) is 0 Å². The van der Waals surface area contributed by atoms with E-state index in [9.17, 15) is 29.1 Å². The number of carbonyl (C=O) groups is 5. The van der Waals surface area contributed by atoms with E-state index in [2.05, 4.69) is 31.9 Å². The molecule has 0 bridgehead atoms. The first-order valence-electron chi connectivity index (χ1n) is 8.20. The fraction of sp³-hybridized carbons (Fsp3) is 0.438. The zero-order valence-electron chi connectivity index (χ0n) is 14.5. The molecule has 0 saturated carbocycles. The monoisotopic (exact) mass is 521 g/mol. The Hall–Kier alpha value is -2.05. The number of aliphatic hydroxyl groups is 1. The molecule has 28 heavy (non-hydrogen) atoms. The lowest BCUT2D eigenvalue weighted by Crippen LogP contribution is -2.46. The molecule has 4 amide bonds. The van der Waals surface area contributed by atoms with Crippen LogP contribution in [-0.4, -0.2) is 86.9 Å². The standard InChI is InChI=1S/C16H17Br2N3O7/c17-9-7-12(23)20(15(9)27)5-3-19(11(22)1-2-14(25)26)4-6-21-13(24)8-10(18)16(21)28/h7-8,15,27H,1-6H2,(H,25,26). The maximum absolute atomic E-state index is 12.4. The van der Waals surface area contributed by atoms with Gasteiger partial charge in [-0.25, -0.2) is 0 Å². The Labute approximate surface area is 176 Å². The first-order chi connectivity index (χ1) is 13.1. The van der Waals surface area contributed by atoms with Crippen LogP contribution in [0.2, 0.25) is 0 Å². The van der Waals surface area contributed by atoms with Gasteiger partial charge in [0.05, 0.1) is 10.9 Å². The normalized spacial score (nSPS) is 19.2. The summed E-state index contributed by atoms with van der Waals surface area (Å²) in [5.74, 6) is -3.11. The summed E-state index contributed by atoms with van der Waals surface area (Å²) in [6.07, 6.45) is 0.540. The third kappa shape index (κ3) is 5.26. The number of aliphatic hydroxyl groups excluding tert-OH is 1. The fourth-order valence-electron chi connectivity index (χ4n) is 2.65. The molecule has 2 rings (SSSR count). The van der Waals surface area contributed by atoms with Gasteiger partial charge in [-0.3, -0.25) is 28.9 Å². The molecule has 10 nitrogen and oxygen atoms in total. The number of rotatable bonds is 9. The molecule has 0 spiro atoms. The van der Waals surface area contributed by atoms with Crippen LogP contribution in [0.4, 0.5) is 0 Å². The number of carboxylic acid groups (broad SMARTS) is 1. The van der Waals surface area contributed by atoms with Crippen LogP contribution < -0.4 is 0 Å². The second-order valence-electron chi connectivity index (χ2n) is 6.00. The lowest BCUT2D eigenvalue weighted by Gasteiger charge is -2.28. The maximum Gasteiger partial charge on any atom is 0.303 e. The van der Waals surface area contributed by atoms with E-state index in [0.717, 1.165) is 15.9 Å². The van der Waals surface area contributed by atoms with E-state index in [4.69, 9.17) is 5.11 Å². The molecule has 0 fully saturated rings. The van der Waals surface area contributed by atoms with Crippen molar-refractivity contribution in [1.29, 1.82) is 0 Å². The van der Waals surface area contributed by atoms with Gasteiger partial charge in [-0.05, 0) is 15.9 Å². The van der Waals surface area contributed by atoms with Crippen LogP contribution in [0.25, 0.3) is 0 Å². The second kappa shape index (κ2) is 9.43. The smallest absolute Gasteiger partial charge is 0.303 e. The number of amides is 4. The fourth-order valence-corrected chi connectivity index (χ4v) is 3.50. The highest BCUT2D eigenvalue weighted by atomic mass is 79.9. The highest BCUT2D eigenvalue weighted by Crippen LogP contribution is 2.22. The van der Waals surface area contributed by atoms with Gasteiger partial charge in [-0.2, -0.15) is 0 Å². The van der Waals surface area contributed by atoms with Crippen molar-refractivity contribution in [3.05, 3.63) is 21.1 Å². The Morgan fingerprint density at radius 2 is 1.68 bits per heavy atom. The van der Waals surface area contributed by atoms with E-state index in [1.807, 2.05) is 0 Å². The van der Waals surface area contributed by atoms with Crippen LogP contribution in [-0.2, 0) is 24.0 Å². The van der Waals surface area contributed by atoms with Gasteiger partial charge >= 0.3 is 5.97 Å². The molecule has 0 aromatic rings. The molecule has 152 valence electrons. The summed E-state index contributed by atoms with van der Waals surface area (Å²) in [5, 5.41) is 18.7. The molecule has 12 heteroatoms. The summed E-state index contributed by atoms with van der Waals surface area (Å²) in [4.78, 5) is 62.0. The van der Waals surface area contributed by atoms with Crippen molar-refractivity contribution in [2.45, 2.75) is 19.1 Å². The number of carbonyl (C=O) groups excluding carboxylic acids is 4. The molecule has 0 radical (unpaired) electrons. The Morgan fingerprint density at radius 1 is 1.04 bits per heavy atom. The van der Waals surface area contributed by atoms with Gasteiger partial charge in [0.15, 0.2) is 6.23 Å². The highest BCUT2D eigenvalue weighted by molar-refractivity contribution is 9.12. The summed E-state index contributed by atoms with van der Waals surface area (Å²) in [6.45, 7) is -0.119. The van der Waals surface area contributed by atoms with E-state index in [0.29, 0.717) is 4.48 Å². The van der Waals surface area contributed by atoms with Gasteiger partial charge < -0.3 is 20.0 Å². The number of nitrogens with zero attached hydrogens (tertiary/aromatic N) is 3. The highest BCUT2D eigenvalue weighted by Gasteiger charge is 2.32. The molecule has 1 unspecified atom stereocenters. The average molecular weight is 523 g/mol. The largest absolute Gasteiger partial charge is 0.481 e. The topological polar surface area (TPSA) is 136 Å². The molecule has 0 saturated heterocycles. The molecule has 2 heterocycles. The van der Waals surface area contributed by atoms with Gasteiger partial charge in [-0.1, -0.05) is 15.9 Å². The average Bonchev–Trinajstić information content (AvgIpc) is 3.01. The van der Waals surface area contributed by atoms with Gasteiger partial charge in [0.25, 0.3) is 11.8 Å². The second-order valence-corrected chi connectivity index (χ2v) is 7.77. The van der Waals surface area contributed by atoms with Gasteiger partial charge in [-0.15, -0.1) is 0 Å². The van der Waals surface area contributed by atoms with Crippen molar-refractivity contribution in [3.8, 4) is 0 Å².